The van der Waals surface area contributed by atoms with Gasteiger partial charge in [0.05, 0.1) is 13.2 Å². The van der Waals surface area contributed by atoms with Gasteiger partial charge in [-0.3, -0.25) is 0 Å². The average molecular weight is 382 g/mol. The van der Waals surface area contributed by atoms with E-state index in [1.54, 1.807) is 6.92 Å². The van der Waals surface area contributed by atoms with E-state index in [1.807, 2.05) is 43.3 Å². The molecule has 5 heteroatoms. The Morgan fingerprint density at radius 1 is 1.00 bits per heavy atom. The number of carbonyl (C=O) groups is 1. The Hall–Kier alpha value is -2.79. The second-order valence-corrected chi connectivity index (χ2v) is 6.29. The zero-order valence-corrected chi connectivity index (χ0v) is 16.6. The summed E-state index contributed by atoms with van der Waals surface area (Å²) in [5.41, 5.74) is 4.12. The lowest BCUT2D eigenvalue weighted by molar-refractivity contribution is -0.145. The lowest BCUT2D eigenvalue weighted by Gasteiger charge is -2.09. The lowest BCUT2D eigenvalue weighted by Crippen LogP contribution is -2.14. The number of rotatable bonds is 9. The van der Waals surface area contributed by atoms with Crippen LogP contribution in [0.4, 0.5) is 0 Å². The van der Waals surface area contributed by atoms with Gasteiger partial charge in [-0.1, -0.05) is 31.2 Å². The first-order valence-corrected chi connectivity index (χ1v) is 9.67. The van der Waals surface area contributed by atoms with E-state index in [2.05, 4.69) is 13.0 Å². The number of carbonyl (C=O) groups excluding carboxylic acids is 1. The highest BCUT2D eigenvalue weighted by Crippen LogP contribution is 2.36. The molecule has 1 aromatic heterocycles. The van der Waals surface area contributed by atoms with Crippen molar-refractivity contribution in [3.05, 3.63) is 53.8 Å². The van der Waals surface area contributed by atoms with Gasteiger partial charge in [-0.2, -0.15) is 0 Å². The van der Waals surface area contributed by atoms with Crippen molar-refractivity contribution in [3.8, 4) is 16.9 Å². The fourth-order valence-corrected chi connectivity index (χ4v) is 3.22. The second-order valence-electron chi connectivity index (χ2n) is 6.29. The lowest BCUT2D eigenvalue weighted by atomic mass is 9.98. The highest BCUT2D eigenvalue weighted by molar-refractivity contribution is 5.97. The van der Waals surface area contributed by atoms with E-state index in [9.17, 15) is 4.79 Å². The summed E-state index contributed by atoms with van der Waals surface area (Å²) in [4.78, 5) is 11.4. The molecule has 0 bridgehead atoms. The normalized spacial score (nSPS) is 11.0. The first kappa shape index (κ1) is 20.0. The van der Waals surface area contributed by atoms with Crippen molar-refractivity contribution in [1.29, 1.82) is 0 Å². The van der Waals surface area contributed by atoms with Gasteiger partial charge in [0, 0.05) is 24.0 Å². The topological polar surface area (TPSA) is 57.9 Å². The third-order valence-electron chi connectivity index (χ3n) is 4.50. The van der Waals surface area contributed by atoms with Gasteiger partial charge in [0.15, 0.2) is 6.61 Å². The van der Waals surface area contributed by atoms with Crippen molar-refractivity contribution >= 4 is 16.9 Å². The smallest absolute Gasteiger partial charge is 0.344 e. The van der Waals surface area contributed by atoms with Crippen molar-refractivity contribution in [1.82, 2.24) is 0 Å². The molecule has 0 saturated heterocycles. The maximum atomic E-state index is 11.4. The highest BCUT2D eigenvalue weighted by atomic mass is 16.6. The van der Waals surface area contributed by atoms with E-state index in [0.29, 0.717) is 25.6 Å². The largest absolute Gasteiger partial charge is 0.482 e. The number of hydrogen-bond donors (Lipinski definition) is 0. The molecule has 0 aliphatic heterocycles. The van der Waals surface area contributed by atoms with Crippen molar-refractivity contribution in [2.75, 3.05) is 19.8 Å². The Morgan fingerprint density at radius 3 is 2.46 bits per heavy atom. The van der Waals surface area contributed by atoms with Crippen LogP contribution in [0.15, 0.2) is 46.9 Å². The molecule has 0 atom stereocenters. The van der Waals surface area contributed by atoms with E-state index in [-0.39, 0.29) is 12.6 Å². The predicted octanol–water partition coefficient (Wildman–Crippen LogP) is 5.14. The van der Waals surface area contributed by atoms with Gasteiger partial charge in [0.25, 0.3) is 0 Å². The number of furan rings is 1. The minimum atomic E-state index is -0.373. The molecule has 0 N–H and O–H groups in total. The summed E-state index contributed by atoms with van der Waals surface area (Å²) < 4.78 is 22.1. The molecular weight excluding hydrogens is 356 g/mol. The van der Waals surface area contributed by atoms with Crippen LogP contribution >= 0.6 is 0 Å². The van der Waals surface area contributed by atoms with Crippen molar-refractivity contribution in [2.45, 2.75) is 33.8 Å². The number of benzene rings is 2. The number of ether oxygens (including phenoxy) is 3. The molecule has 5 nitrogen and oxygen atoms in total. The fourth-order valence-electron chi connectivity index (χ4n) is 3.22. The first-order chi connectivity index (χ1) is 13.7. The van der Waals surface area contributed by atoms with Crippen molar-refractivity contribution in [2.24, 2.45) is 0 Å². The second kappa shape index (κ2) is 9.42. The zero-order valence-electron chi connectivity index (χ0n) is 16.6. The van der Waals surface area contributed by atoms with Crippen molar-refractivity contribution < 1.29 is 23.4 Å². The Labute approximate surface area is 165 Å². The van der Waals surface area contributed by atoms with Crippen LogP contribution in [0, 0.1) is 0 Å². The van der Waals surface area contributed by atoms with Crippen LogP contribution in [0.2, 0.25) is 0 Å². The van der Waals surface area contributed by atoms with Crippen LogP contribution in [0.1, 0.15) is 32.1 Å². The molecule has 2 aromatic carbocycles. The van der Waals surface area contributed by atoms with Crippen LogP contribution in [0.25, 0.3) is 22.1 Å². The summed E-state index contributed by atoms with van der Waals surface area (Å²) in [6.45, 7) is 7.29. The van der Waals surface area contributed by atoms with Gasteiger partial charge < -0.3 is 18.6 Å². The molecule has 0 aliphatic carbocycles. The molecule has 3 rings (SSSR count). The Bertz CT molecular complexity index is 924. The Kier molecular flexibility index (Phi) is 6.71. The maximum absolute atomic E-state index is 11.4. The minimum Gasteiger partial charge on any atom is -0.482 e. The number of fused-ring (bicyclic) bond motifs is 1. The standard InChI is InChI=1S/C23H26O5/c1-4-20-19(14-25-5-2)23-18(8-7-9-21(23)28-20)16-10-12-17(13-11-16)27-15-22(24)26-6-3/h7-13H,4-6,14-15H2,1-3H3. The van der Waals surface area contributed by atoms with Gasteiger partial charge in [0.1, 0.15) is 17.1 Å². The maximum Gasteiger partial charge on any atom is 0.344 e. The fraction of sp³-hybridized carbons (Fsp3) is 0.348. The summed E-state index contributed by atoms with van der Waals surface area (Å²) in [5.74, 6) is 1.22. The van der Waals surface area contributed by atoms with E-state index in [4.69, 9.17) is 18.6 Å². The van der Waals surface area contributed by atoms with E-state index in [0.717, 1.165) is 39.8 Å². The van der Waals surface area contributed by atoms with E-state index < -0.39 is 0 Å². The molecule has 0 saturated carbocycles. The van der Waals surface area contributed by atoms with Gasteiger partial charge in [-0.25, -0.2) is 4.79 Å². The first-order valence-electron chi connectivity index (χ1n) is 9.67. The summed E-state index contributed by atoms with van der Waals surface area (Å²) in [5, 5.41) is 1.09. The number of hydrogen-bond acceptors (Lipinski definition) is 5. The summed E-state index contributed by atoms with van der Waals surface area (Å²) in [6.07, 6.45) is 0.817. The van der Waals surface area contributed by atoms with Crippen LogP contribution < -0.4 is 4.74 Å². The molecule has 28 heavy (non-hydrogen) atoms. The third-order valence-corrected chi connectivity index (χ3v) is 4.50. The minimum absolute atomic E-state index is 0.0944. The van der Waals surface area contributed by atoms with Crippen LogP contribution in [0.3, 0.4) is 0 Å². The molecule has 1 heterocycles. The summed E-state index contributed by atoms with van der Waals surface area (Å²) in [6, 6.07) is 13.8. The predicted molar refractivity (Wildman–Crippen MR) is 108 cm³/mol. The van der Waals surface area contributed by atoms with Gasteiger partial charge in [-0.05, 0) is 43.2 Å². The van der Waals surface area contributed by atoms with Crippen LogP contribution in [-0.4, -0.2) is 25.8 Å². The quantitative estimate of drug-likeness (QED) is 0.480. The van der Waals surface area contributed by atoms with Gasteiger partial charge in [0.2, 0.25) is 0 Å². The molecule has 148 valence electrons. The molecule has 0 fully saturated rings. The summed E-state index contributed by atoms with van der Waals surface area (Å²) >= 11 is 0. The van der Waals surface area contributed by atoms with E-state index >= 15 is 0 Å². The van der Waals surface area contributed by atoms with Crippen LogP contribution in [-0.2, 0) is 27.3 Å². The number of esters is 1. The van der Waals surface area contributed by atoms with Gasteiger partial charge >= 0.3 is 5.97 Å². The molecular formula is C23H26O5. The van der Waals surface area contributed by atoms with Crippen LogP contribution in [0.5, 0.6) is 5.75 Å². The average Bonchev–Trinajstić information content (AvgIpc) is 3.09. The van der Waals surface area contributed by atoms with E-state index in [1.165, 1.54) is 0 Å². The SMILES string of the molecule is CCOCc1c(CC)oc2cccc(-c3ccc(OCC(=O)OCC)cc3)c12. The third kappa shape index (κ3) is 4.37. The Balaban J connectivity index is 1.90. The monoisotopic (exact) mass is 382 g/mol. The molecule has 0 radical (unpaired) electrons. The molecule has 3 aromatic rings. The van der Waals surface area contributed by atoms with Crippen molar-refractivity contribution in [3.63, 3.8) is 0 Å². The molecule has 0 aliphatic rings. The molecule has 0 unspecified atom stereocenters. The zero-order chi connectivity index (χ0) is 19.9. The number of aryl methyl sites for hydroxylation is 1. The summed E-state index contributed by atoms with van der Waals surface area (Å²) in [7, 11) is 0. The Morgan fingerprint density at radius 2 is 1.79 bits per heavy atom. The molecule has 0 spiro atoms. The highest BCUT2D eigenvalue weighted by Gasteiger charge is 2.17. The molecule has 0 amide bonds. The van der Waals surface area contributed by atoms with Gasteiger partial charge in [-0.15, -0.1) is 0 Å².